The average molecular weight is 341 g/mol. The first-order chi connectivity index (χ1) is 12.0. The summed E-state index contributed by atoms with van der Waals surface area (Å²) in [5.74, 6) is 0.826. The minimum atomic E-state index is -0.0523. The van der Waals surface area contributed by atoms with Gasteiger partial charge in [-0.1, -0.05) is 0 Å². The highest BCUT2D eigenvalue weighted by Gasteiger charge is 2.28. The lowest BCUT2D eigenvalue weighted by Crippen LogP contribution is -2.46. The van der Waals surface area contributed by atoms with E-state index in [2.05, 4.69) is 21.4 Å². The monoisotopic (exact) mass is 341 g/mol. The molecule has 2 atom stereocenters. The van der Waals surface area contributed by atoms with Gasteiger partial charge >= 0.3 is 0 Å². The van der Waals surface area contributed by atoms with Gasteiger partial charge in [0.15, 0.2) is 0 Å². The van der Waals surface area contributed by atoms with Gasteiger partial charge in [-0.25, -0.2) is 0 Å². The Hall–Kier alpha value is -2.34. The molecule has 0 spiro atoms. The Bertz CT molecular complexity index is 728. The van der Waals surface area contributed by atoms with Crippen LogP contribution in [0, 0.1) is 6.07 Å². The summed E-state index contributed by atoms with van der Waals surface area (Å²) in [4.78, 5) is 14.4. The third-order valence-electron chi connectivity index (χ3n) is 4.51. The van der Waals surface area contributed by atoms with E-state index in [1.165, 1.54) is 0 Å². The van der Waals surface area contributed by atoms with Gasteiger partial charge in [-0.2, -0.15) is 5.10 Å². The number of amides is 1. The van der Waals surface area contributed by atoms with E-state index in [1.54, 1.807) is 10.7 Å². The van der Waals surface area contributed by atoms with Crippen molar-refractivity contribution in [3.05, 3.63) is 36.7 Å². The molecule has 133 valence electrons. The van der Waals surface area contributed by atoms with Crippen molar-refractivity contribution in [2.24, 2.45) is 7.05 Å². The van der Waals surface area contributed by atoms with Gasteiger partial charge in [-0.05, 0) is 63.2 Å². The molecule has 1 fully saturated rings. The Balaban J connectivity index is 1.53. The number of hydrogen-bond acceptors (Lipinski definition) is 4. The number of likely N-dealkylation sites (N-methyl/N-ethyl adjacent to an activating group) is 1. The molecule has 1 N–H and O–H groups in total. The Morgan fingerprint density at radius 1 is 1.44 bits per heavy atom. The minimum absolute atomic E-state index is 0.00954. The van der Waals surface area contributed by atoms with Crippen molar-refractivity contribution in [2.75, 3.05) is 20.2 Å². The number of benzene rings is 1. The molecule has 1 aromatic carbocycles. The van der Waals surface area contributed by atoms with Gasteiger partial charge < -0.3 is 10.1 Å². The molecule has 2 unspecified atom stereocenters. The van der Waals surface area contributed by atoms with Gasteiger partial charge in [0.1, 0.15) is 12.4 Å². The first-order valence-electron chi connectivity index (χ1n) is 8.66. The van der Waals surface area contributed by atoms with Crippen molar-refractivity contribution in [2.45, 2.75) is 31.8 Å². The number of aryl methyl sites for hydroxylation is 1. The van der Waals surface area contributed by atoms with Gasteiger partial charge in [0.05, 0.1) is 18.3 Å². The molecule has 1 aromatic heterocycles. The van der Waals surface area contributed by atoms with Crippen LogP contribution >= 0.6 is 0 Å². The van der Waals surface area contributed by atoms with Crippen LogP contribution in [0.2, 0.25) is 0 Å². The lowest BCUT2D eigenvalue weighted by Gasteiger charge is -2.22. The number of nitrogens with one attached hydrogen (secondary N) is 1. The van der Waals surface area contributed by atoms with Crippen molar-refractivity contribution in [1.29, 1.82) is 0 Å². The standard InChI is InChI=1S/C19H25N4O2/c1-14(21-19(24)18-8-5-9-22(18)2)13-25-17-7-4-6-15(10-17)16-11-20-23(3)12-16/h6-7,10-12,14,18H,5,8-9,13H2,1-3H3,(H,21,24). The van der Waals surface area contributed by atoms with Crippen molar-refractivity contribution in [3.63, 3.8) is 0 Å². The fourth-order valence-corrected chi connectivity index (χ4v) is 3.11. The molecule has 1 aliphatic rings. The molecule has 0 aliphatic carbocycles. The zero-order valence-electron chi connectivity index (χ0n) is 15.0. The number of carbonyl (C=O) groups is 1. The van der Waals surface area contributed by atoms with Gasteiger partial charge in [0.25, 0.3) is 0 Å². The molecular formula is C19H25N4O2. The molecule has 25 heavy (non-hydrogen) atoms. The number of aromatic nitrogens is 2. The van der Waals surface area contributed by atoms with Crippen LogP contribution in [0.25, 0.3) is 11.1 Å². The minimum Gasteiger partial charge on any atom is -0.491 e. The van der Waals surface area contributed by atoms with Crippen LogP contribution in [-0.4, -0.2) is 52.9 Å². The molecule has 2 aromatic rings. The smallest absolute Gasteiger partial charge is 0.237 e. The molecular weight excluding hydrogens is 316 g/mol. The predicted octanol–water partition coefficient (Wildman–Crippen LogP) is 1.86. The summed E-state index contributed by atoms with van der Waals surface area (Å²) < 4.78 is 7.60. The first-order valence-corrected chi connectivity index (χ1v) is 8.66. The number of rotatable bonds is 6. The molecule has 6 nitrogen and oxygen atoms in total. The summed E-state index contributed by atoms with van der Waals surface area (Å²) in [7, 11) is 3.89. The Labute approximate surface area is 148 Å². The van der Waals surface area contributed by atoms with E-state index in [0.717, 1.165) is 36.3 Å². The Morgan fingerprint density at radius 3 is 2.96 bits per heavy atom. The van der Waals surface area contributed by atoms with Crippen molar-refractivity contribution in [1.82, 2.24) is 20.0 Å². The van der Waals surface area contributed by atoms with Crippen molar-refractivity contribution in [3.8, 4) is 16.9 Å². The summed E-state index contributed by atoms with van der Waals surface area (Å²) in [6.45, 7) is 3.37. The summed E-state index contributed by atoms with van der Waals surface area (Å²) in [6.07, 6.45) is 5.77. The van der Waals surface area contributed by atoms with Gasteiger partial charge in [-0.15, -0.1) is 0 Å². The molecule has 2 heterocycles. The molecule has 6 heteroatoms. The summed E-state index contributed by atoms with van der Waals surface area (Å²) in [5.41, 5.74) is 2.03. The number of ether oxygens (including phenoxy) is 1. The van der Waals surface area contributed by atoms with Crippen LogP contribution in [0.5, 0.6) is 5.75 Å². The highest BCUT2D eigenvalue weighted by molar-refractivity contribution is 5.82. The summed E-state index contributed by atoms with van der Waals surface area (Å²) in [6, 6.07) is 8.71. The van der Waals surface area contributed by atoms with Crippen LogP contribution in [0.3, 0.4) is 0 Å². The van der Waals surface area contributed by atoms with E-state index < -0.39 is 0 Å². The largest absolute Gasteiger partial charge is 0.491 e. The van der Waals surface area contributed by atoms with E-state index in [0.29, 0.717) is 6.61 Å². The number of likely N-dealkylation sites (tertiary alicyclic amines) is 1. The first kappa shape index (κ1) is 17.5. The SMILES string of the molecule is CC(COc1c[c]cc(-c2cnn(C)c2)c1)NC(=O)C1CCCN1C. The number of hydrogen-bond donors (Lipinski definition) is 1. The van der Waals surface area contributed by atoms with Crippen molar-refractivity contribution < 1.29 is 9.53 Å². The Morgan fingerprint density at radius 2 is 2.28 bits per heavy atom. The van der Waals surface area contributed by atoms with Gasteiger partial charge in [-0.3, -0.25) is 14.4 Å². The molecule has 1 radical (unpaired) electrons. The molecule has 0 bridgehead atoms. The number of carbonyl (C=O) groups excluding carboxylic acids is 1. The van der Waals surface area contributed by atoms with E-state index in [9.17, 15) is 4.79 Å². The quantitative estimate of drug-likeness (QED) is 0.871. The maximum atomic E-state index is 12.3. The zero-order valence-corrected chi connectivity index (χ0v) is 15.0. The molecule has 1 amide bonds. The zero-order chi connectivity index (χ0) is 17.8. The van der Waals surface area contributed by atoms with Crippen molar-refractivity contribution >= 4 is 5.91 Å². The summed E-state index contributed by atoms with van der Waals surface area (Å²) in [5, 5.41) is 7.23. The highest BCUT2D eigenvalue weighted by atomic mass is 16.5. The van der Waals surface area contributed by atoms with Crippen LogP contribution < -0.4 is 10.1 Å². The number of nitrogens with zero attached hydrogens (tertiary/aromatic N) is 3. The predicted molar refractivity (Wildman–Crippen MR) is 96.2 cm³/mol. The van der Waals surface area contributed by atoms with E-state index in [-0.39, 0.29) is 18.0 Å². The molecule has 0 saturated carbocycles. The normalized spacial score (nSPS) is 18.9. The molecule has 1 saturated heterocycles. The second kappa shape index (κ2) is 7.70. The third kappa shape index (κ3) is 4.39. The second-order valence-corrected chi connectivity index (χ2v) is 6.72. The van der Waals surface area contributed by atoms with Gasteiger partial charge in [0.2, 0.25) is 5.91 Å². The lowest BCUT2D eigenvalue weighted by atomic mass is 10.1. The van der Waals surface area contributed by atoms with Crippen LogP contribution in [0.15, 0.2) is 30.6 Å². The molecule has 3 rings (SSSR count). The average Bonchev–Trinajstić information content (AvgIpc) is 3.21. The Kier molecular flexibility index (Phi) is 5.38. The van der Waals surface area contributed by atoms with Crippen LogP contribution in [0.4, 0.5) is 0 Å². The van der Waals surface area contributed by atoms with Crippen LogP contribution in [-0.2, 0) is 11.8 Å². The maximum Gasteiger partial charge on any atom is 0.237 e. The second-order valence-electron chi connectivity index (χ2n) is 6.72. The van der Waals surface area contributed by atoms with E-state index >= 15 is 0 Å². The third-order valence-corrected chi connectivity index (χ3v) is 4.51. The maximum absolute atomic E-state index is 12.3. The van der Waals surface area contributed by atoms with Crippen LogP contribution in [0.1, 0.15) is 19.8 Å². The summed E-state index contributed by atoms with van der Waals surface area (Å²) >= 11 is 0. The fraction of sp³-hybridized carbons (Fsp3) is 0.474. The lowest BCUT2D eigenvalue weighted by molar-refractivity contribution is -0.125. The highest BCUT2D eigenvalue weighted by Crippen LogP contribution is 2.23. The topological polar surface area (TPSA) is 59.4 Å². The van der Waals surface area contributed by atoms with E-state index in [4.69, 9.17) is 4.74 Å². The van der Waals surface area contributed by atoms with Gasteiger partial charge in [0, 0.05) is 18.8 Å². The van der Waals surface area contributed by atoms with E-state index in [1.807, 2.05) is 45.5 Å². The fourth-order valence-electron chi connectivity index (χ4n) is 3.11. The molecule has 1 aliphatic heterocycles.